The van der Waals surface area contributed by atoms with Gasteiger partial charge in [0.15, 0.2) is 6.61 Å². The average Bonchev–Trinajstić information content (AvgIpc) is 2.80. The molecule has 33 heavy (non-hydrogen) atoms. The number of nitro groups is 1. The van der Waals surface area contributed by atoms with E-state index in [9.17, 15) is 19.7 Å². The van der Waals surface area contributed by atoms with Gasteiger partial charge in [0.05, 0.1) is 11.1 Å². The first-order chi connectivity index (χ1) is 15.8. The highest BCUT2D eigenvalue weighted by Gasteiger charge is 2.11. The number of hydrogen-bond donors (Lipinski definition) is 2. The number of carbonyl (C=O) groups excluding carboxylic acids is 2. The molecule has 0 unspecified atom stereocenters. The summed E-state index contributed by atoms with van der Waals surface area (Å²) in [6.45, 7) is 3.69. The molecule has 0 radical (unpaired) electrons. The van der Waals surface area contributed by atoms with E-state index in [0.29, 0.717) is 11.3 Å². The van der Waals surface area contributed by atoms with Gasteiger partial charge in [0.2, 0.25) is 0 Å². The number of hydrazone groups is 1. The molecular formula is C24H22N4O5. The summed E-state index contributed by atoms with van der Waals surface area (Å²) in [5, 5.41) is 17.5. The van der Waals surface area contributed by atoms with Gasteiger partial charge >= 0.3 is 0 Å². The van der Waals surface area contributed by atoms with Crippen LogP contribution in [0.15, 0.2) is 71.8 Å². The first-order valence-electron chi connectivity index (χ1n) is 9.99. The van der Waals surface area contributed by atoms with Crippen molar-refractivity contribution < 1.29 is 19.2 Å². The lowest BCUT2D eigenvalue weighted by atomic mass is 10.1. The first kappa shape index (κ1) is 23.1. The Morgan fingerprint density at radius 1 is 1.06 bits per heavy atom. The predicted molar refractivity (Wildman–Crippen MR) is 125 cm³/mol. The smallest absolute Gasteiger partial charge is 0.271 e. The number of amides is 2. The summed E-state index contributed by atoms with van der Waals surface area (Å²) >= 11 is 0. The van der Waals surface area contributed by atoms with E-state index in [1.807, 2.05) is 32.0 Å². The number of rotatable bonds is 8. The van der Waals surface area contributed by atoms with Crippen LogP contribution < -0.4 is 15.5 Å². The molecule has 9 heteroatoms. The summed E-state index contributed by atoms with van der Waals surface area (Å²) in [6, 6.07) is 18.0. The largest absolute Gasteiger partial charge is 0.484 e. The Balaban J connectivity index is 1.55. The molecule has 0 aliphatic carbocycles. The molecule has 2 N–H and O–H groups in total. The zero-order chi connectivity index (χ0) is 23.8. The van der Waals surface area contributed by atoms with E-state index < -0.39 is 10.8 Å². The van der Waals surface area contributed by atoms with Gasteiger partial charge < -0.3 is 10.1 Å². The lowest BCUT2D eigenvalue weighted by Crippen LogP contribution is -2.20. The van der Waals surface area contributed by atoms with Gasteiger partial charge in [-0.25, -0.2) is 5.43 Å². The predicted octanol–water partition coefficient (Wildman–Crippen LogP) is 3.99. The van der Waals surface area contributed by atoms with E-state index in [1.165, 1.54) is 30.5 Å². The highest BCUT2D eigenvalue weighted by atomic mass is 16.6. The lowest BCUT2D eigenvalue weighted by molar-refractivity contribution is -0.384. The van der Waals surface area contributed by atoms with Crippen LogP contribution in [0.3, 0.4) is 0 Å². The minimum Gasteiger partial charge on any atom is -0.484 e. The number of benzene rings is 3. The molecule has 9 nitrogen and oxygen atoms in total. The fourth-order valence-corrected chi connectivity index (χ4v) is 2.88. The zero-order valence-electron chi connectivity index (χ0n) is 18.1. The van der Waals surface area contributed by atoms with Crippen LogP contribution in [0.2, 0.25) is 0 Å². The standard InChI is InChI=1S/C24H22N4O5/c1-16-9-10-17(2)22(11-16)26-23(29)15-33-21-8-3-5-18(12-21)14-25-27-24(30)19-6-4-7-20(13-19)28(31)32/h3-14H,15H2,1-2H3,(H,26,29)(H,27,30)/b25-14+. The van der Waals surface area contributed by atoms with E-state index in [1.54, 1.807) is 24.3 Å². The van der Waals surface area contributed by atoms with E-state index >= 15 is 0 Å². The van der Waals surface area contributed by atoms with E-state index in [4.69, 9.17) is 4.74 Å². The van der Waals surface area contributed by atoms with Crippen molar-refractivity contribution in [1.29, 1.82) is 0 Å². The molecular weight excluding hydrogens is 424 g/mol. The topological polar surface area (TPSA) is 123 Å². The molecule has 3 aromatic rings. The van der Waals surface area contributed by atoms with Crippen LogP contribution in [0.4, 0.5) is 11.4 Å². The second-order valence-corrected chi connectivity index (χ2v) is 7.23. The molecule has 0 spiro atoms. The average molecular weight is 446 g/mol. The molecule has 0 saturated carbocycles. The second-order valence-electron chi connectivity index (χ2n) is 7.23. The number of nitro benzene ring substituents is 1. The van der Waals surface area contributed by atoms with Crippen molar-refractivity contribution in [2.24, 2.45) is 5.10 Å². The number of hydrogen-bond acceptors (Lipinski definition) is 6. The Hall–Kier alpha value is -4.53. The minimum atomic E-state index is -0.578. The third-order valence-corrected chi connectivity index (χ3v) is 4.59. The Bertz CT molecular complexity index is 1220. The van der Waals surface area contributed by atoms with E-state index in [2.05, 4.69) is 15.8 Å². The van der Waals surface area contributed by atoms with Crippen LogP contribution in [0.25, 0.3) is 0 Å². The van der Waals surface area contributed by atoms with Crippen molar-refractivity contribution in [3.05, 3.63) is 99.1 Å². The number of non-ortho nitro benzene ring substituents is 1. The fourth-order valence-electron chi connectivity index (χ4n) is 2.88. The van der Waals surface area contributed by atoms with Crippen LogP contribution in [-0.2, 0) is 4.79 Å². The van der Waals surface area contributed by atoms with E-state index in [0.717, 1.165) is 16.8 Å². The lowest BCUT2D eigenvalue weighted by Gasteiger charge is -2.10. The molecule has 0 heterocycles. The fraction of sp³-hybridized carbons (Fsp3) is 0.125. The number of nitrogens with one attached hydrogen (secondary N) is 2. The summed E-state index contributed by atoms with van der Waals surface area (Å²) in [5.41, 5.74) is 5.63. The SMILES string of the molecule is Cc1ccc(C)c(NC(=O)COc2cccc(/C=N/NC(=O)c3cccc([N+](=O)[O-])c3)c2)c1. The van der Waals surface area contributed by atoms with Gasteiger partial charge in [0.1, 0.15) is 5.75 Å². The number of carbonyl (C=O) groups is 2. The van der Waals surface area contributed by atoms with Gasteiger partial charge in [0, 0.05) is 23.4 Å². The molecule has 0 saturated heterocycles. The van der Waals surface area contributed by atoms with Crippen molar-refractivity contribution in [3.8, 4) is 5.75 Å². The Kier molecular flexibility index (Phi) is 7.48. The maximum atomic E-state index is 12.2. The van der Waals surface area contributed by atoms with Crippen LogP contribution >= 0.6 is 0 Å². The third kappa shape index (κ3) is 6.73. The maximum Gasteiger partial charge on any atom is 0.271 e. The van der Waals surface area contributed by atoms with E-state index in [-0.39, 0.29) is 23.8 Å². The highest BCUT2D eigenvalue weighted by molar-refractivity contribution is 5.95. The Morgan fingerprint density at radius 3 is 2.64 bits per heavy atom. The molecule has 0 aromatic heterocycles. The molecule has 0 bridgehead atoms. The summed E-state index contributed by atoms with van der Waals surface area (Å²) in [6.07, 6.45) is 1.40. The van der Waals surface area contributed by atoms with Gasteiger partial charge in [-0.2, -0.15) is 5.10 Å². The first-order valence-corrected chi connectivity index (χ1v) is 9.99. The van der Waals surface area contributed by atoms with Crippen molar-refractivity contribution in [1.82, 2.24) is 5.43 Å². The molecule has 2 amide bonds. The Labute approximate surface area is 190 Å². The maximum absolute atomic E-state index is 12.2. The second kappa shape index (κ2) is 10.7. The van der Waals surface area contributed by atoms with Crippen molar-refractivity contribution in [3.63, 3.8) is 0 Å². The van der Waals surface area contributed by atoms with Gasteiger partial charge in [-0.3, -0.25) is 19.7 Å². The number of anilines is 1. The molecule has 0 aliphatic rings. The van der Waals surface area contributed by atoms with Gasteiger partial charge in [-0.1, -0.05) is 30.3 Å². The summed E-state index contributed by atoms with van der Waals surface area (Å²) in [5.74, 6) is -0.405. The van der Waals surface area contributed by atoms with Crippen LogP contribution in [-0.4, -0.2) is 29.6 Å². The molecule has 168 valence electrons. The van der Waals surface area contributed by atoms with Gasteiger partial charge in [0.25, 0.3) is 17.5 Å². The summed E-state index contributed by atoms with van der Waals surface area (Å²) in [7, 11) is 0. The normalized spacial score (nSPS) is 10.6. The number of nitrogens with zero attached hydrogens (tertiary/aromatic N) is 2. The van der Waals surface area contributed by atoms with Crippen LogP contribution in [0.1, 0.15) is 27.0 Å². The molecule has 0 fully saturated rings. The van der Waals surface area contributed by atoms with Crippen molar-refractivity contribution >= 4 is 29.4 Å². The monoisotopic (exact) mass is 446 g/mol. The quantitative estimate of drug-likeness (QED) is 0.308. The number of aryl methyl sites for hydroxylation is 2. The molecule has 3 rings (SSSR count). The van der Waals surface area contributed by atoms with Crippen LogP contribution in [0.5, 0.6) is 5.75 Å². The minimum absolute atomic E-state index is 0.119. The zero-order valence-corrected chi connectivity index (χ0v) is 18.1. The third-order valence-electron chi connectivity index (χ3n) is 4.59. The molecule has 0 atom stereocenters. The van der Waals surface area contributed by atoms with Crippen molar-refractivity contribution in [2.75, 3.05) is 11.9 Å². The molecule has 0 aliphatic heterocycles. The summed E-state index contributed by atoms with van der Waals surface area (Å²) < 4.78 is 5.56. The highest BCUT2D eigenvalue weighted by Crippen LogP contribution is 2.17. The summed E-state index contributed by atoms with van der Waals surface area (Å²) in [4.78, 5) is 34.6. The van der Waals surface area contributed by atoms with Gasteiger partial charge in [-0.15, -0.1) is 0 Å². The van der Waals surface area contributed by atoms with Gasteiger partial charge in [-0.05, 0) is 54.8 Å². The number of ether oxygens (including phenoxy) is 1. The van der Waals surface area contributed by atoms with Crippen LogP contribution in [0, 0.1) is 24.0 Å². The van der Waals surface area contributed by atoms with Crippen molar-refractivity contribution in [2.45, 2.75) is 13.8 Å². The Morgan fingerprint density at radius 2 is 1.85 bits per heavy atom. The molecule has 3 aromatic carbocycles.